The zero-order chi connectivity index (χ0) is 12.3. The maximum atomic E-state index is 4.44. The van der Waals surface area contributed by atoms with Crippen molar-refractivity contribution in [3.8, 4) is 0 Å². The lowest BCUT2D eigenvalue weighted by atomic mass is 10.1. The third-order valence-electron chi connectivity index (χ3n) is 2.54. The lowest BCUT2D eigenvalue weighted by Crippen LogP contribution is -2.19. The van der Waals surface area contributed by atoms with Gasteiger partial charge in [-0.1, -0.05) is 0 Å². The molecule has 0 saturated heterocycles. The molecule has 2 heterocycles. The lowest BCUT2D eigenvalue weighted by Gasteiger charge is -2.15. The smallest absolute Gasteiger partial charge is 0.0577 e. The number of thiophene rings is 1. The zero-order valence-electron chi connectivity index (χ0n) is 9.28. The molecule has 0 aliphatic heterocycles. The summed E-state index contributed by atoms with van der Waals surface area (Å²) in [5.41, 5.74) is 1.07. The summed E-state index contributed by atoms with van der Waals surface area (Å²) in [6, 6.07) is 6.41. The first kappa shape index (κ1) is 13.2. The second-order valence-corrected chi connectivity index (χ2v) is 6.41. The lowest BCUT2D eigenvalue weighted by molar-refractivity contribution is 0.579. The molecule has 2 rings (SSSR count). The topological polar surface area (TPSA) is 24.9 Å². The molecule has 0 bridgehead atoms. The van der Waals surface area contributed by atoms with Crippen LogP contribution in [0.25, 0.3) is 0 Å². The van der Waals surface area contributed by atoms with E-state index in [-0.39, 0.29) is 6.04 Å². The zero-order valence-corrected chi connectivity index (χ0v) is 13.3. The summed E-state index contributed by atoms with van der Waals surface area (Å²) in [7, 11) is 1.97. The number of aromatic nitrogens is 1. The van der Waals surface area contributed by atoms with Gasteiger partial charge >= 0.3 is 0 Å². The first-order valence-electron chi connectivity index (χ1n) is 5.21. The second kappa shape index (κ2) is 6.09. The molecular weight excluding hydrogens is 364 g/mol. The van der Waals surface area contributed by atoms with Gasteiger partial charge in [-0.15, -0.1) is 11.3 Å². The van der Waals surface area contributed by atoms with E-state index in [0.29, 0.717) is 0 Å². The maximum absolute atomic E-state index is 4.44. The van der Waals surface area contributed by atoms with Gasteiger partial charge in [0.1, 0.15) is 0 Å². The number of nitrogens with one attached hydrogen (secondary N) is 1. The van der Waals surface area contributed by atoms with Crippen LogP contribution in [0.4, 0.5) is 0 Å². The molecule has 2 nitrogen and oxygen atoms in total. The second-order valence-electron chi connectivity index (χ2n) is 3.64. The molecular formula is C12H12Br2N2S. The van der Waals surface area contributed by atoms with E-state index in [1.807, 2.05) is 25.4 Å². The predicted molar refractivity (Wildman–Crippen MR) is 79.5 cm³/mol. The highest BCUT2D eigenvalue weighted by Gasteiger charge is 2.13. The van der Waals surface area contributed by atoms with Gasteiger partial charge in [-0.25, -0.2) is 0 Å². The minimum absolute atomic E-state index is 0.248. The van der Waals surface area contributed by atoms with Crippen LogP contribution < -0.4 is 5.32 Å². The molecule has 17 heavy (non-hydrogen) atoms. The number of rotatable bonds is 4. The molecule has 0 fully saturated rings. The van der Waals surface area contributed by atoms with Crippen LogP contribution in [0.2, 0.25) is 0 Å². The Morgan fingerprint density at radius 3 is 2.71 bits per heavy atom. The number of pyridine rings is 1. The van der Waals surface area contributed by atoms with Gasteiger partial charge in [-0.3, -0.25) is 4.98 Å². The number of nitrogens with zero attached hydrogens (tertiary/aromatic N) is 1. The third kappa shape index (κ3) is 3.37. The Morgan fingerprint density at radius 1 is 1.35 bits per heavy atom. The van der Waals surface area contributed by atoms with Crippen molar-refractivity contribution in [1.29, 1.82) is 0 Å². The van der Waals surface area contributed by atoms with Crippen molar-refractivity contribution < 1.29 is 0 Å². The average molecular weight is 376 g/mol. The molecule has 0 aliphatic rings. The minimum Gasteiger partial charge on any atom is -0.311 e. The van der Waals surface area contributed by atoms with Crippen LogP contribution in [0.5, 0.6) is 0 Å². The van der Waals surface area contributed by atoms with Crippen LogP contribution >= 0.6 is 43.2 Å². The Morgan fingerprint density at radius 2 is 2.18 bits per heavy atom. The molecule has 90 valence electrons. The highest BCUT2D eigenvalue weighted by molar-refractivity contribution is 9.10. The SMILES string of the molecule is CNC(Cc1sccc1Br)c1ccc(Br)cn1. The molecule has 0 amide bonds. The van der Waals surface area contributed by atoms with Crippen LogP contribution in [0, 0.1) is 0 Å². The van der Waals surface area contributed by atoms with Gasteiger partial charge in [-0.05, 0) is 62.5 Å². The first-order chi connectivity index (χ1) is 8.20. The number of hydrogen-bond acceptors (Lipinski definition) is 3. The van der Waals surface area contributed by atoms with Gasteiger partial charge in [0.2, 0.25) is 0 Å². The van der Waals surface area contributed by atoms with E-state index in [1.54, 1.807) is 11.3 Å². The highest BCUT2D eigenvalue weighted by Crippen LogP contribution is 2.27. The Bertz CT molecular complexity index is 482. The quantitative estimate of drug-likeness (QED) is 0.867. The number of halogens is 2. The summed E-state index contributed by atoms with van der Waals surface area (Å²) in [6.07, 6.45) is 2.78. The molecule has 1 unspecified atom stereocenters. The average Bonchev–Trinajstić information content (AvgIpc) is 2.73. The Kier molecular flexibility index (Phi) is 4.73. The van der Waals surface area contributed by atoms with Crippen LogP contribution in [0.15, 0.2) is 38.7 Å². The monoisotopic (exact) mass is 374 g/mol. The van der Waals surface area contributed by atoms with E-state index >= 15 is 0 Å². The molecule has 2 aromatic heterocycles. The molecule has 5 heteroatoms. The van der Waals surface area contributed by atoms with Crippen molar-refractivity contribution in [3.05, 3.63) is 49.3 Å². The van der Waals surface area contributed by atoms with Gasteiger partial charge in [0.05, 0.1) is 11.7 Å². The third-order valence-corrected chi connectivity index (χ3v) is 4.95. The first-order valence-corrected chi connectivity index (χ1v) is 7.68. The van der Waals surface area contributed by atoms with Crippen LogP contribution in [-0.2, 0) is 6.42 Å². The Labute approximate surface area is 122 Å². The standard InChI is InChI=1S/C12H12Br2N2S/c1-15-11(6-12-9(14)4-5-17-12)10-3-2-8(13)7-16-10/h2-5,7,11,15H,6H2,1H3. The van der Waals surface area contributed by atoms with Crippen molar-refractivity contribution >= 4 is 43.2 Å². The number of likely N-dealkylation sites (N-methyl/N-ethyl adjacent to an activating group) is 1. The van der Waals surface area contributed by atoms with Gasteiger partial charge in [0, 0.05) is 26.4 Å². The summed E-state index contributed by atoms with van der Waals surface area (Å²) >= 11 is 8.73. The predicted octanol–water partition coefficient (Wildman–Crippen LogP) is 4.17. The Balaban J connectivity index is 2.17. The van der Waals surface area contributed by atoms with E-state index in [0.717, 1.165) is 16.6 Å². The molecule has 1 atom stereocenters. The normalized spacial score (nSPS) is 12.6. The molecule has 1 N–H and O–H groups in total. The molecule has 0 aliphatic carbocycles. The van der Waals surface area contributed by atoms with Crippen molar-refractivity contribution in [2.24, 2.45) is 0 Å². The van der Waals surface area contributed by atoms with Crippen molar-refractivity contribution in [3.63, 3.8) is 0 Å². The molecule has 2 aromatic rings. The van der Waals surface area contributed by atoms with Crippen LogP contribution in [0.1, 0.15) is 16.6 Å². The van der Waals surface area contributed by atoms with E-state index in [2.05, 4.69) is 53.6 Å². The van der Waals surface area contributed by atoms with Gasteiger partial charge < -0.3 is 5.32 Å². The largest absolute Gasteiger partial charge is 0.311 e. The number of hydrogen-bond donors (Lipinski definition) is 1. The van der Waals surface area contributed by atoms with E-state index in [4.69, 9.17) is 0 Å². The Hall–Kier alpha value is -0.230. The maximum Gasteiger partial charge on any atom is 0.0577 e. The molecule has 0 saturated carbocycles. The summed E-state index contributed by atoms with van der Waals surface area (Å²) in [6.45, 7) is 0. The van der Waals surface area contributed by atoms with Crippen molar-refractivity contribution in [2.75, 3.05) is 7.05 Å². The summed E-state index contributed by atoms with van der Waals surface area (Å²) in [5.74, 6) is 0. The molecule has 0 aromatic carbocycles. The van der Waals surface area contributed by atoms with E-state index < -0.39 is 0 Å². The highest BCUT2D eigenvalue weighted by atomic mass is 79.9. The fourth-order valence-corrected chi connectivity index (χ4v) is 3.40. The van der Waals surface area contributed by atoms with Crippen molar-refractivity contribution in [1.82, 2.24) is 10.3 Å². The summed E-state index contributed by atoms with van der Waals surface area (Å²) in [5, 5.41) is 5.41. The van der Waals surface area contributed by atoms with Gasteiger partial charge in [0.15, 0.2) is 0 Å². The van der Waals surface area contributed by atoms with E-state index in [1.165, 1.54) is 9.35 Å². The summed E-state index contributed by atoms with van der Waals surface area (Å²) < 4.78 is 2.19. The van der Waals surface area contributed by atoms with Crippen molar-refractivity contribution in [2.45, 2.75) is 12.5 Å². The minimum atomic E-state index is 0.248. The van der Waals surface area contributed by atoms with Crippen LogP contribution in [-0.4, -0.2) is 12.0 Å². The van der Waals surface area contributed by atoms with Gasteiger partial charge in [0.25, 0.3) is 0 Å². The molecule has 0 spiro atoms. The summed E-state index contributed by atoms with van der Waals surface area (Å²) in [4.78, 5) is 5.78. The van der Waals surface area contributed by atoms with E-state index in [9.17, 15) is 0 Å². The molecule has 0 radical (unpaired) electrons. The fraction of sp³-hybridized carbons (Fsp3) is 0.250. The fourth-order valence-electron chi connectivity index (χ4n) is 1.60. The van der Waals surface area contributed by atoms with Gasteiger partial charge in [-0.2, -0.15) is 0 Å². The van der Waals surface area contributed by atoms with Crippen LogP contribution in [0.3, 0.4) is 0 Å².